The molecule has 0 bridgehead atoms. The molecule has 2 aromatic carbocycles. The van der Waals surface area contributed by atoms with Gasteiger partial charge in [0, 0.05) is 0 Å². The van der Waals surface area contributed by atoms with Crippen LogP contribution in [0.1, 0.15) is 21.5 Å². The fourth-order valence-corrected chi connectivity index (χ4v) is 2.26. The number of carbonyl (C=O) groups is 1. The number of fused-ring (bicyclic) bond motifs is 3. The van der Waals surface area contributed by atoms with Crippen molar-refractivity contribution >= 4 is 5.97 Å². The van der Waals surface area contributed by atoms with E-state index in [1.165, 1.54) is 16.7 Å². The van der Waals surface area contributed by atoms with Gasteiger partial charge in [-0.2, -0.15) is 0 Å². The van der Waals surface area contributed by atoms with Crippen molar-refractivity contribution in [1.82, 2.24) is 0 Å². The maximum absolute atomic E-state index is 10.9. The Morgan fingerprint density at radius 2 is 1.75 bits per heavy atom. The molecule has 0 aliphatic heterocycles. The molecule has 0 aromatic heterocycles. The Morgan fingerprint density at radius 3 is 2.56 bits per heavy atom. The highest BCUT2D eigenvalue weighted by Crippen LogP contribution is 2.36. The maximum Gasteiger partial charge on any atom is 0.335 e. The van der Waals surface area contributed by atoms with Crippen LogP contribution in [0.3, 0.4) is 0 Å². The molecule has 0 atom stereocenters. The number of hydrogen-bond acceptors (Lipinski definition) is 1. The number of aromatic carboxylic acids is 1. The molecule has 0 saturated heterocycles. The van der Waals surface area contributed by atoms with E-state index in [4.69, 9.17) is 5.11 Å². The van der Waals surface area contributed by atoms with Gasteiger partial charge in [0.15, 0.2) is 0 Å². The summed E-state index contributed by atoms with van der Waals surface area (Å²) in [4.78, 5) is 10.9. The molecule has 0 spiro atoms. The zero-order valence-corrected chi connectivity index (χ0v) is 8.60. The number of benzene rings is 2. The second-order valence-corrected chi connectivity index (χ2v) is 4.01. The Morgan fingerprint density at radius 1 is 1.00 bits per heavy atom. The molecular formula is C14H10O2. The Kier molecular flexibility index (Phi) is 1.83. The van der Waals surface area contributed by atoms with Crippen LogP contribution in [0.2, 0.25) is 0 Å². The standard InChI is InChI=1S/C14H10O2/c15-14(16)11-6-5-10-7-9-3-1-2-4-12(9)13(10)8-11/h1-6,8H,7H2,(H,15,16). The zero-order chi connectivity index (χ0) is 11.1. The van der Waals surface area contributed by atoms with Crippen molar-refractivity contribution in [1.29, 1.82) is 0 Å². The fraction of sp³-hybridized carbons (Fsp3) is 0.0714. The van der Waals surface area contributed by atoms with Crippen molar-refractivity contribution in [2.75, 3.05) is 0 Å². The van der Waals surface area contributed by atoms with Crippen LogP contribution >= 0.6 is 0 Å². The summed E-state index contributed by atoms with van der Waals surface area (Å²) in [5, 5.41) is 8.96. The van der Waals surface area contributed by atoms with E-state index in [0.29, 0.717) is 5.56 Å². The van der Waals surface area contributed by atoms with Gasteiger partial charge in [0.1, 0.15) is 0 Å². The summed E-state index contributed by atoms with van der Waals surface area (Å²) in [5.41, 5.74) is 5.08. The molecule has 0 amide bonds. The van der Waals surface area contributed by atoms with Crippen molar-refractivity contribution in [3.8, 4) is 11.1 Å². The van der Waals surface area contributed by atoms with Gasteiger partial charge in [0.05, 0.1) is 5.56 Å². The third-order valence-electron chi connectivity index (χ3n) is 3.05. The average molecular weight is 210 g/mol. The molecule has 0 heterocycles. The SMILES string of the molecule is O=C(O)c1ccc2c(c1)-c1ccccc1C2. The quantitative estimate of drug-likeness (QED) is 0.670. The molecule has 0 radical (unpaired) electrons. The van der Waals surface area contributed by atoms with Crippen LogP contribution < -0.4 is 0 Å². The Bertz CT molecular complexity index is 585. The highest BCUT2D eigenvalue weighted by atomic mass is 16.4. The van der Waals surface area contributed by atoms with Crippen LogP contribution in [0.4, 0.5) is 0 Å². The second kappa shape index (κ2) is 3.20. The lowest BCUT2D eigenvalue weighted by molar-refractivity contribution is 0.0697. The lowest BCUT2D eigenvalue weighted by Crippen LogP contribution is -1.96. The first-order chi connectivity index (χ1) is 7.75. The van der Waals surface area contributed by atoms with Gasteiger partial charge in [-0.05, 0) is 40.8 Å². The predicted octanol–water partition coefficient (Wildman–Crippen LogP) is 2.96. The molecule has 0 fully saturated rings. The molecule has 3 rings (SSSR count). The van der Waals surface area contributed by atoms with E-state index in [1.54, 1.807) is 12.1 Å². The minimum absolute atomic E-state index is 0.357. The summed E-state index contributed by atoms with van der Waals surface area (Å²) in [7, 11) is 0. The van der Waals surface area contributed by atoms with E-state index >= 15 is 0 Å². The third kappa shape index (κ3) is 1.23. The van der Waals surface area contributed by atoms with E-state index < -0.39 is 5.97 Å². The molecule has 1 N–H and O–H groups in total. The maximum atomic E-state index is 10.9. The van der Waals surface area contributed by atoms with Crippen LogP contribution in [-0.2, 0) is 6.42 Å². The first kappa shape index (κ1) is 9.16. The topological polar surface area (TPSA) is 37.3 Å². The van der Waals surface area contributed by atoms with Crippen LogP contribution in [0, 0.1) is 0 Å². The number of carboxylic acid groups (broad SMARTS) is 1. The van der Waals surface area contributed by atoms with E-state index in [9.17, 15) is 4.79 Å². The van der Waals surface area contributed by atoms with Crippen molar-refractivity contribution in [3.05, 3.63) is 59.2 Å². The lowest BCUT2D eigenvalue weighted by Gasteiger charge is -2.01. The van der Waals surface area contributed by atoms with Crippen molar-refractivity contribution in [3.63, 3.8) is 0 Å². The zero-order valence-electron chi connectivity index (χ0n) is 8.60. The summed E-state index contributed by atoms with van der Waals surface area (Å²) >= 11 is 0. The molecule has 1 aliphatic carbocycles. The first-order valence-electron chi connectivity index (χ1n) is 5.20. The average Bonchev–Trinajstić information content (AvgIpc) is 2.66. The predicted molar refractivity (Wildman–Crippen MR) is 61.6 cm³/mol. The third-order valence-corrected chi connectivity index (χ3v) is 3.05. The van der Waals surface area contributed by atoms with Crippen molar-refractivity contribution in [2.24, 2.45) is 0 Å². The summed E-state index contributed by atoms with van der Waals surface area (Å²) < 4.78 is 0. The number of carboxylic acids is 1. The Balaban J connectivity index is 2.22. The van der Waals surface area contributed by atoms with Gasteiger partial charge in [-0.1, -0.05) is 30.3 Å². The summed E-state index contributed by atoms with van der Waals surface area (Å²) in [6.45, 7) is 0. The van der Waals surface area contributed by atoms with Crippen LogP contribution in [0.25, 0.3) is 11.1 Å². The molecule has 1 aliphatic rings. The van der Waals surface area contributed by atoms with Gasteiger partial charge in [-0.3, -0.25) is 0 Å². The Labute approximate surface area is 93.2 Å². The van der Waals surface area contributed by atoms with Crippen LogP contribution in [-0.4, -0.2) is 11.1 Å². The second-order valence-electron chi connectivity index (χ2n) is 4.01. The van der Waals surface area contributed by atoms with E-state index in [-0.39, 0.29) is 0 Å². The summed E-state index contributed by atoms with van der Waals surface area (Å²) in [6.07, 6.45) is 0.908. The van der Waals surface area contributed by atoms with Gasteiger partial charge >= 0.3 is 5.97 Å². The molecule has 2 nitrogen and oxygen atoms in total. The smallest absolute Gasteiger partial charge is 0.335 e. The van der Waals surface area contributed by atoms with Gasteiger partial charge in [0.2, 0.25) is 0 Å². The van der Waals surface area contributed by atoms with Crippen LogP contribution in [0.15, 0.2) is 42.5 Å². The highest BCUT2D eigenvalue weighted by Gasteiger charge is 2.18. The first-order valence-corrected chi connectivity index (χ1v) is 5.20. The van der Waals surface area contributed by atoms with E-state index in [2.05, 4.69) is 6.07 Å². The molecular weight excluding hydrogens is 200 g/mol. The number of rotatable bonds is 1. The van der Waals surface area contributed by atoms with Gasteiger partial charge in [0.25, 0.3) is 0 Å². The number of hydrogen-bond donors (Lipinski definition) is 1. The van der Waals surface area contributed by atoms with Crippen molar-refractivity contribution < 1.29 is 9.90 Å². The van der Waals surface area contributed by atoms with E-state index in [0.717, 1.165) is 12.0 Å². The summed E-state index contributed by atoms with van der Waals surface area (Å²) in [5.74, 6) is -0.868. The fourth-order valence-electron chi connectivity index (χ4n) is 2.26. The normalized spacial score (nSPS) is 12.0. The molecule has 2 aromatic rings. The molecule has 78 valence electrons. The van der Waals surface area contributed by atoms with Crippen molar-refractivity contribution in [2.45, 2.75) is 6.42 Å². The summed E-state index contributed by atoms with van der Waals surface area (Å²) in [6, 6.07) is 13.5. The highest BCUT2D eigenvalue weighted by molar-refractivity contribution is 5.91. The van der Waals surface area contributed by atoms with Gasteiger partial charge < -0.3 is 5.11 Å². The molecule has 0 saturated carbocycles. The Hall–Kier alpha value is -2.09. The molecule has 16 heavy (non-hydrogen) atoms. The monoisotopic (exact) mass is 210 g/mol. The van der Waals surface area contributed by atoms with Gasteiger partial charge in [-0.25, -0.2) is 4.79 Å². The van der Waals surface area contributed by atoms with E-state index in [1.807, 2.05) is 24.3 Å². The largest absolute Gasteiger partial charge is 0.478 e. The molecule has 2 heteroatoms. The molecule has 0 unspecified atom stereocenters. The minimum Gasteiger partial charge on any atom is -0.478 e. The minimum atomic E-state index is -0.868. The van der Waals surface area contributed by atoms with Gasteiger partial charge in [-0.15, -0.1) is 0 Å². The lowest BCUT2D eigenvalue weighted by atomic mass is 10.0. The van der Waals surface area contributed by atoms with Crippen LogP contribution in [0.5, 0.6) is 0 Å².